The van der Waals surface area contributed by atoms with Crippen LogP contribution in [-0.4, -0.2) is 42.8 Å². The van der Waals surface area contributed by atoms with Gasteiger partial charge in [-0.3, -0.25) is 9.20 Å². The molecule has 1 aromatic carbocycles. The molecule has 0 saturated carbocycles. The maximum atomic E-state index is 13.8. The number of benzene rings is 1. The van der Waals surface area contributed by atoms with E-state index in [1.807, 2.05) is 0 Å². The van der Waals surface area contributed by atoms with Crippen LogP contribution in [0.25, 0.3) is 21.4 Å². The van der Waals surface area contributed by atoms with Gasteiger partial charge in [0, 0.05) is 23.4 Å². The number of ether oxygens (including phenoxy) is 1. The number of alkyl halides is 3. The fourth-order valence-corrected chi connectivity index (χ4v) is 4.31. The van der Waals surface area contributed by atoms with Gasteiger partial charge in [-0.15, -0.1) is 0 Å². The van der Waals surface area contributed by atoms with Gasteiger partial charge in [-0.05, 0) is 32.0 Å². The quantitative estimate of drug-likeness (QED) is 0.435. The molecule has 1 atom stereocenters. The highest BCUT2D eigenvalue weighted by Crippen LogP contribution is 2.41. The monoisotopic (exact) mass is 481 g/mol. The second kappa shape index (κ2) is 7.83. The molecule has 0 bridgehead atoms. The van der Waals surface area contributed by atoms with Crippen LogP contribution in [0.3, 0.4) is 0 Å². The highest BCUT2D eigenvalue weighted by atomic mass is 19.4. The van der Waals surface area contributed by atoms with Gasteiger partial charge in [0.15, 0.2) is 0 Å². The van der Waals surface area contributed by atoms with E-state index in [1.165, 1.54) is 29.6 Å². The summed E-state index contributed by atoms with van der Waals surface area (Å²) in [5, 5.41) is 0. The Morgan fingerprint density at radius 2 is 2.06 bits per heavy atom. The topological polar surface area (TPSA) is 103 Å². The molecular formula is C23H18F3N7O2. The van der Waals surface area contributed by atoms with E-state index in [1.54, 1.807) is 18.2 Å². The van der Waals surface area contributed by atoms with Gasteiger partial charge in [0.25, 0.3) is 0 Å². The number of nitrogens with zero attached hydrogens (tertiary/aromatic N) is 6. The van der Waals surface area contributed by atoms with Crippen molar-refractivity contribution >= 4 is 34.0 Å². The van der Waals surface area contributed by atoms with E-state index >= 15 is 0 Å². The average Bonchev–Trinajstić information content (AvgIpc) is 3.45. The van der Waals surface area contributed by atoms with Crippen LogP contribution >= 0.6 is 0 Å². The van der Waals surface area contributed by atoms with Gasteiger partial charge in [0.2, 0.25) is 17.5 Å². The average molecular weight is 481 g/mol. The van der Waals surface area contributed by atoms with Gasteiger partial charge in [0.1, 0.15) is 17.9 Å². The lowest BCUT2D eigenvalue weighted by molar-refractivity contribution is -0.137. The molecule has 3 aromatic heterocycles. The van der Waals surface area contributed by atoms with E-state index in [4.69, 9.17) is 17.0 Å². The van der Waals surface area contributed by atoms with Gasteiger partial charge >= 0.3 is 6.18 Å². The zero-order valence-electron chi connectivity index (χ0n) is 18.5. The standard InChI is InChI=1S/C23H18F3N7O2/c1-11(2)33(19-9-35-21-14(19)4-12(7-30-21)23(24,25)26)22(34)13-5-17-16(6-15(13)28-3)31-20(27)18-8-29-10-32(17)18/h4-8,10-11,19H,9H2,1-2H3,(H2,27,31)/t19-/m1/s1. The van der Waals surface area contributed by atoms with E-state index in [0.29, 0.717) is 22.7 Å². The molecule has 0 saturated heterocycles. The zero-order valence-corrected chi connectivity index (χ0v) is 18.5. The smallest absolute Gasteiger partial charge is 0.417 e. The third kappa shape index (κ3) is 3.56. The number of carbonyl (C=O) groups is 1. The number of aromatic nitrogens is 4. The summed E-state index contributed by atoms with van der Waals surface area (Å²) in [5.41, 5.74) is 6.80. The molecule has 35 heavy (non-hydrogen) atoms. The first-order valence-corrected chi connectivity index (χ1v) is 10.6. The van der Waals surface area contributed by atoms with Crippen molar-refractivity contribution in [2.45, 2.75) is 32.1 Å². The number of carbonyl (C=O) groups excluding carboxylic acids is 1. The Morgan fingerprint density at radius 3 is 2.74 bits per heavy atom. The Morgan fingerprint density at radius 1 is 1.29 bits per heavy atom. The minimum Gasteiger partial charge on any atom is -0.475 e. The van der Waals surface area contributed by atoms with Crippen molar-refractivity contribution in [1.82, 2.24) is 24.3 Å². The molecule has 4 aromatic rings. The SMILES string of the molecule is [C-]#[N+]c1cc2nc(N)c3cncn3c2cc1C(=O)N(C(C)C)[C@@H]1COc2ncc(C(F)(F)F)cc21. The highest BCUT2D eigenvalue weighted by molar-refractivity contribution is 6.04. The number of pyridine rings is 1. The van der Waals surface area contributed by atoms with Crippen molar-refractivity contribution in [3.05, 3.63) is 65.0 Å². The number of nitrogens with two attached hydrogens (primary N) is 1. The molecule has 12 heteroatoms. The molecule has 5 rings (SSSR count). The summed E-state index contributed by atoms with van der Waals surface area (Å²) in [6, 6.07) is 2.71. The van der Waals surface area contributed by atoms with Crippen LogP contribution in [0.1, 0.15) is 41.4 Å². The first-order chi connectivity index (χ1) is 16.6. The molecular weight excluding hydrogens is 463 g/mol. The minimum absolute atomic E-state index is 0.0424. The van der Waals surface area contributed by atoms with Crippen LogP contribution in [0.5, 0.6) is 5.88 Å². The fraction of sp³-hybridized carbons (Fsp3) is 0.261. The Kier molecular flexibility index (Phi) is 5.01. The Balaban J connectivity index is 1.64. The molecule has 1 aliphatic rings. The van der Waals surface area contributed by atoms with E-state index in [0.717, 1.165) is 6.07 Å². The van der Waals surface area contributed by atoms with Gasteiger partial charge in [0.05, 0.1) is 41.7 Å². The number of rotatable bonds is 3. The molecule has 0 spiro atoms. The van der Waals surface area contributed by atoms with Gasteiger partial charge < -0.3 is 15.4 Å². The molecule has 1 amide bonds. The summed E-state index contributed by atoms with van der Waals surface area (Å²) in [4.78, 5) is 31.0. The van der Waals surface area contributed by atoms with Crippen molar-refractivity contribution in [2.24, 2.45) is 0 Å². The lowest BCUT2D eigenvalue weighted by Gasteiger charge is -2.32. The van der Waals surface area contributed by atoms with Gasteiger partial charge in [-0.1, -0.05) is 0 Å². The summed E-state index contributed by atoms with van der Waals surface area (Å²) < 4.78 is 47.2. The van der Waals surface area contributed by atoms with E-state index in [9.17, 15) is 18.0 Å². The summed E-state index contributed by atoms with van der Waals surface area (Å²) in [6.45, 7) is 11.1. The third-order valence-corrected chi connectivity index (χ3v) is 5.91. The second-order valence-electron chi connectivity index (χ2n) is 8.36. The Labute approximate surface area is 196 Å². The fourth-order valence-electron chi connectivity index (χ4n) is 4.31. The Bertz CT molecular complexity index is 1540. The molecule has 0 fully saturated rings. The van der Waals surface area contributed by atoms with Gasteiger partial charge in [-0.25, -0.2) is 19.8 Å². The predicted molar refractivity (Wildman–Crippen MR) is 120 cm³/mol. The maximum Gasteiger partial charge on any atom is 0.417 e. The van der Waals surface area contributed by atoms with Crippen LogP contribution < -0.4 is 10.5 Å². The number of nitrogen functional groups attached to an aromatic ring is 1. The second-order valence-corrected chi connectivity index (χ2v) is 8.36. The lowest BCUT2D eigenvalue weighted by atomic mass is 10.0. The molecule has 178 valence electrons. The molecule has 1 aliphatic heterocycles. The van der Waals surface area contributed by atoms with Crippen molar-refractivity contribution in [2.75, 3.05) is 12.3 Å². The number of imidazole rings is 1. The zero-order chi connectivity index (χ0) is 25.1. The summed E-state index contributed by atoms with van der Waals surface area (Å²) in [5.74, 6) is -0.261. The van der Waals surface area contributed by atoms with E-state index < -0.39 is 29.7 Å². The molecule has 0 unspecified atom stereocenters. The summed E-state index contributed by atoms with van der Waals surface area (Å²) in [6.07, 6.45) is -0.835. The summed E-state index contributed by atoms with van der Waals surface area (Å²) in [7, 11) is 0. The van der Waals surface area contributed by atoms with E-state index in [2.05, 4.69) is 19.8 Å². The first-order valence-electron chi connectivity index (χ1n) is 10.6. The van der Waals surface area contributed by atoms with Crippen molar-refractivity contribution < 1.29 is 22.7 Å². The normalized spacial score (nSPS) is 15.3. The summed E-state index contributed by atoms with van der Waals surface area (Å²) >= 11 is 0. The molecule has 0 aliphatic carbocycles. The number of hydrogen-bond acceptors (Lipinski definition) is 6. The number of amides is 1. The Hall–Kier alpha value is -4.40. The lowest BCUT2D eigenvalue weighted by Crippen LogP contribution is -2.41. The minimum atomic E-state index is -4.59. The van der Waals surface area contributed by atoms with Crippen LogP contribution in [0, 0.1) is 6.57 Å². The highest BCUT2D eigenvalue weighted by Gasteiger charge is 2.39. The van der Waals surface area contributed by atoms with E-state index in [-0.39, 0.29) is 35.1 Å². The number of halogens is 3. The van der Waals surface area contributed by atoms with Crippen LogP contribution in [0.4, 0.5) is 24.7 Å². The largest absolute Gasteiger partial charge is 0.475 e. The van der Waals surface area contributed by atoms with Crippen molar-refractivity contribution in [3.63, 3.8) is 0 Å². The molecule has 0 radical (unpaired) electrons. The first kappa shape index (κ1) is 22.4. The van der Waals surface area contributed by atoms with Crippen molar-refractivity contribution in [1.29, 1.82) is 0 Å². The van der Waals surface area contributed by atoms with Gasteiger partial charge in [-0.2, -0.15) is 13.2 Å². The molecule has 4 heterocycles. The number of hydrogen-bond donors (Lipinski definition) is 1. The van der Waals surface area contributed by atoms with Crippen LogP contribution in [-0.2, 0) is 6.18 Å². The molecule has 2 N–H and O–H groups in total. The predicted octanol–water partition coefficient (Wildman–Crippen LogP) is 4.41. The number of anilines is 1. The number of fused-ring (bicyclic) bond motifs is 4. The maximum absolute atomic E-state index is 13.8. The van der Waals surface area contributed by atoms with Crippen LogP contribution in [0.2, 0.25) is 0 Å². The van der Waals surface area contributed by atoms with Crippen molar-refractivity contribution in [3.8, 4) is 5.88 Å². The molecule has 9 nitrogen and oxygen atoms in total. The van der Waals surface area contributed by atoms with Crippen LogP contribution in [0.15, 0.2) is 36.9 Å². The third-order valence-electron chi connectivity index (χ3n) is 5.91.